The number of rotatable bonds is 6. The topological polar surface area (TPSA) is 29.5 Å². The summed E-state index contributed by atoms with van der Waals surface area (Å²) in [6, 6.07) is 1.97. The Balaban J connectivity index is 2.33. The second kappa shape index (κ2) is 8.35. The summed E-state index contributed by atoms with van der Waals surface area (Å²) >= 11 is 1.65. The third kappa shape index (κ3) is 4.80. The highest BCUT2D eigenvalue weighted by Crippen LogP contribution is 2.17. The summed E-state index contributed by atoms with van der Waals surface area (Å²) in [5.74, 6) is 5.58. The first-order valence-corrected chi connectivity index (χ1v) is 6.50. The van der Waals surface area contributed by atoms with Crippen molar-refractivity contribution in [1.29, 1.82) is 0 Å². The molecule has 16 heavy (non-hydrogen) atoms. The van der Waals surface area contributed by atoms with Gasteiger partial charge in [0.25, 0.3) is 0 Å². The Kier molecular flexibility index (Phi) is 6.91. The van der Waals surface area contributed by atoms with E-state index >= 15 is 0 Å². The summed E-state index contributed by atoms with van der Waals surface area (Å²) in [6.45, 7) is 3.55. The van der Waals surface area contributed by atoms with Gasteiger partial charge in [0.05, 0.1) is 6.61 Å². The van der Waals surface area contributed by atoms with Crippen LogP contribution >= 0.6 is 11.3 Å². The van der Waals surface area contributed by atoms with E-state index in [4.69, 9.17) is 9.84 Å². The fraction of sp³-hybridized carbons (Fsp3) is 0.538. The molecular formula is C13H18O2S. The Bertz CT molecular complexity index is 346. The van der Waals surface area contributed by atoms with Gasteiger partial charge in [-0.05, 0) is 17.9 Å². The molecule has 3 heteroatoms. The molecule has 1 heterocycles. The number of ether oxygens (including phenoxy) is 1. The van der Waals surface area contributed by atoms with Crippen LogP contribution in [0.1, 0.15) is 36.6 Å². The first kappa shape index (κ1) is 13.2. The first-order valence-electron chi connectivity index (χ1n) is 5.62. The van der Waals surface area contributed by atoms with Crippen LogP contribution in [0, 0.1) is 11.8 Å². The van der Waals surface area contributed by atoms with E-state index < -0.39 is 0 Å². The molecule has 0 fully saturated rings. The molecule has 0 saturated carbocycles. The fourth-order valence-electron chi connectivity index (χ4n) is 1.32. The highest BCUT2D eigenvalue weighted by atomic mass is 32.1. The van der Waals surface area contributed by atoms with Gasteiger partial charge in [0, 0.05) is 17.0 Å². The van der Waals surface area contributed by atoms with Crippen molar-refractivity contribution in [2.45, 2.75) is 32.8 Å². The van der Waals surface area contributed by atoms with Crippen molar-refractivity contribution in [3.05, 3.63) is 21.9 Å². The summed E-state index contributed by atoms with van der Waals surface area (Å²) < 4.78 is 5.58. The van der Waals surface area contributed by atoms with Gasteiger partial charge < -0.3 is 9.84 Å². The van der Waals surface area contributed by atoms with Crippen molar-refractivity contribution in [2.24, 2.45) is 0 Å². The minimum atomic E-state index is -0.0906. The van der Waals surface area contributed by atoms with Crippen LogP contribution in [0.4, 0.5) is 0 Å². The monoisotopic (exact) mass is 238 g/mol. The van der Waals surface area contributed by atoms with Crippen LogP contribution in [0.3, 0.4) is 0 Å². The van der Waals surface area contributed by atoms with E-state index in [1.54, 1.807) is 11.3 Å². The van der Waals surface area contributed by atoms with Crippen LogP contribution in [-0.2, 0) is 11.3 Å². The lowest BCUT2D eigenvalue weighted by atomic mass is 10.2. The molecule has 0 atom stereocenters. The molecule has 0 radical (unpaired) electrons. The molecule has 0 aromatic carbocycles. The van der Waals surface area contributed by atoms with Crippen LogP contribution in [0.5, 0.6) is 0 Å². The van der Waals surface area contributed by atoms with E-state index in [0.717, 1.165) is 23.5 Å². The Hall–Kier alpha value is -0.820. The molecule has 2 nitrogen and oxygen atoms in total. The maximum absolute atomic E-state index is 8.63. The smallest absolute Gasteiger partial charge is 0.104 e. The minimum Gasteiger partial charge on any atom is -0.384 e. The molecule has 0 unspecified atom stereocenters. The molecule has 0 bridgehead atoms. The highest BCUT2D eigenvalue weighted by Gasteiger charge is 2.01. The summed E-state index contributed by atoms with van der Waals surface area (Å²) in [5, 5.41) is 10.6. The van der Waals surface area contributed by atoms with Crippen molar-refractivity contribution in [2.75, 3.05) is 13.2 Å². The zero-order valence-corrected chi connectivity index (χ0v) is 10.5. The molecule has 0 saturated heterocycles. The normalized spacial score (nSPS) is 9.88. The molecule has 1 aromatic rings. The second-order valence-corrected chi connectivity index (χ2v) is 4.48. The van der Waals surface area contributed by atoms with Gasteiger partial charge in [-0.1, -0.05) is 31.6 Å². The van der Waals surface area contributed by atoms with E-state index in [1.807, 2.05) is 11.4 Å². The molecule has 1 rings (SSSR count). The lowest BCUT2D eigenvalue weighted by Crippen LogP contribution is -1.95. The van der Waals surface area contributed by atoms with Crippen molar-refractivity contribution >= 4 is 11.3 Å². The van der Waals surface area contributed by atoms with E-state index in [-0.39, 0.29) is 6.61 Å². The highest BCUT2D eigenvalue weighted by molar-refractivity contribution is 7.10. The molecule has 1 aromatic heterocycles. The predicted molar refractivity (Wildman–Crippen MR) is 67.5 cm³/mol. The average molecular weight is 238 g/mol. The van der Waals surface area contributed by atoms with Gasteiger partial charge in [0.2, 0.25) is 0 Å². The average Bonchev–Trinajstić information content (AvgIpc) is 2.74. The van der Waals surface area contributed by atoms with Gasteiger partial charge in [-0.3, -0.25) is 0 Å². The van der Waals surface area contributed by atoms with Crippen LogP contribution < -0.4 is 0 Å². The maximum atomic E-state index is 8.63. The van der Waals surface area contributed by atoms with Crippen molar-refractivity contribution in [1.82, 2.24) is 0 Å². The fourth-order valence-corrected chi connectivity index (χ4v) is 2.08. The molecule has 0 aliphatic heterocycles. The molecule has 0 aliphatic rings. The Morgan fingerprint density at radius 3 is 3.06 bits per heavy atom. The number of thiophene rings is 1. The first-order chi connectivity index (χ1) is 7.88. The number of hydrogen-bond acceptors (Lipinski definition) is 3. The van der Waals surface area contributed by atoms with E-state index in [1.165, 1.54) is 12.8 Å². The van der Waals surface area contributed by atoms with Crippen LogP contribution in [0.25, 0.3) is 0 Å². The molecule has 0 amide bonds. The van der Waals surface area contributed by atoms with Crippen LogP contribution in [0.2, 0.25) is 0 Å². The summed E-state index contributed by atoms with van der Waals surface area (Å²) in [6.07, 6.45) is 3.57. The molecule has 0 spiro atoms. The zero-order valence-electron chi connectivity index (χ0n) is 9.66. The predicted octanol–water partition coefficient (Wildman–Crippen LogP) is 2.80. The zero-order chi connectivity index (χ0) is 11.6. The van der Waals surface area contributed by atoms with Gasteiger partial charge in [-0.2, -0.15) is 0 Å². The number of aliphatic hydroxyl groups is 1. The molecule has 1 N–H and O–H groups in total. The quantitative estimate of drug-likeness (QED) is 0.610. The van der Waals surface area contributed by atoms with Crippen LogP contribution in [-0.4, -0.2) is 18.3 Å². The second-order valence-electron chi connectivity index (χ2n) is 3.48. The molecule has 0 aliphatic carbocycles. The lowest BCUT2D eigenvalue weighted by Gasteiger charge is -2.02. The van der Waals surface area contributed by atoms with Gasteiger partial charge in [-0.25, -0.2) is 0 Å². The molecular weight excluding hydrogens is 220 g/mol. The van der Waals surface area contributed by atoms with E-state index in [9.17, 15) is 0 Å². The van der Waals surface area contributed by atoms with Gasteiger partial charge >= 0.3 is 0 Å². The summed E-state index contributed by atoms with van der Waals surface area (Å²) in [4.78, 5) is 1.15. The maximum Gasteiger partial charge on any atom is 0.104 e. The van der Waals surface area contributed by atoms with Crippen molar-refractivity contribution in [3.63, 3.8) is 0 Å². The summed E-state index contributed by atoms with van der Waals surface area (Å²) in [5.41, 5.74) is 0.981. The Labute approximate surface area is 101 Å². The number of hydrogen-bond donors (Lipinski definition) is 1. The Morgan fingerprint density at radius 2 is 2.31 bits per heavy atom. The third-order valence-electron chi connectivity index (χ3n) is 2.17. The number of unbranched alkanes of at least 4 members (excludes halogenated alkanes) is 2. The largest absolute Gasteiger partial charge is 0.384 e. The van der Waals surface area contributed by atoms with E-state index in [0.29, 0.717) is 6.61 Å². The summed E-state index contributed by atoms with van der Waals surface area (Å²) in [7, 11) is 0. The van der Waals surface area contributed by atoms with Gasteiger partial charge in [0.1, 0.15) is 6.61 Å². The van der Waals surface area contributed by atoms with E-state index in [2.05, 4.69) is 18.8 Å². The van der Waals surface area contributed by atoms with Gasteiger partial charge in [0.15, 0.2) is 0 Å². The SMILES string of the molecule is CCCCCOCc1sccc1C#CCO. The Morgan fingerprint density at radius 1 is 1.44 bits per heavy atom. The lowest BCUT2D eigenvalue weighted by molar-refractivity contribution is 0.119. The van der Waals surface area contributed by atoms with Crippen LogP contribution in [0.15, 0.2) is 11.4 Å². The van der Waals surface area contributed by atoms with Crippen molar-refractivity contribution < 1.29 is 9.84 Å². The standard InChI is InChI=1S/C13H18O2S/c1-2-3-4-9-15-11-13-12(6-5-8-14)7-10-16-13/h7,10,14H,2-4,8-9,11H2,1H3. The third-order valence-corrected chi connectivity index (χ3v) is 3.07. The minimum absolute atomic E-state index is 0.0906. The molecule has 88 valence electrons. The number of aliphatic hydroxyl groups excluding tert-OH is 1. The van der Waals surface area contributed by atoms with Crippen molar-refractivity contribution in [3.8, 4) is 11.8 Å². The van der Waals surface area contributed by atoms with Gasteiger partial charge in [-0.15, -0.1) is 11.3 Å².